The maximum absolute atomic E-state index is 0. The van der Waals surface area contributed by atoms with Crippen molar-refractivity contribution in [3.63, 3.8) is 0 Å². The first kappa shape index (κ1) is 33.6. The van der Waals surface area contributed by atoms with E-state index in [1.807, 2.05) is 0 Å². The van der Waals surface area contributed by atoms with Crippen molar-refractivity contribution in [2.45, 2.75) is 0 Å². The van der Waals surface area contributed by atoms with Crippen LogP contribution in [-0.4, -0.2) is 0 Å². The van der Waals surface area contributed by atoms with Crippen molar-refractivity contribution in [1.82, 2.24) is 0 Å². The van der Waals surface area contributed by atoms with Gasteiger partial charge in [-0.1, -0.05) is 0 Å². The maximum Gasteiger partial charge on any atom is 2.00 e. The van der Waals surface area contributed by atoms with Crippen molar-refractivity contribution >= 4 is 0 Å². The van der Waals surface area contributed by atoms with Gasteiger partial charge >= 0.3 is 73.1 Å². The molecule has 0 saturated carbocycles. The Kier molecular flexibility index (Phi) is 156. The molecule has 0 unspecified atom stereocenters. The van der Waals surface area contributed by atoms with Crippen molar-refractivity contribution in [1.29, 1.82) is 0 Å². The first-order valence-electron chi connectivity index (χ1n) is 0. The fourth-order valence-electron chi connectivity index (χ4n) is 0. The van der Waals surface area contributed by atoms with Gasteiger partial charge in [0.25, 0.3) is 0 Å². The standard InChI is InChI=1S/2Cu.2Zn/q4*+2. The minimum Gasteiger partial charge on any atom is 2.00 e. The molecule has 18 valence electrons. The molecule has 0 atom stereocenters. The van der Waals surface area contributed by atoms with E-state index in [2.05, 4.69) is 0 Å². The molecule has 0 saturated heterocycles. The molecule has 4 heavy (non-hydrogen) atoms. The average molecular weight is 258 g/mol. The van der Waals surface area contributed by atoms with Crippen molar-refractivity contribution in [3.8, 4) is 0 Å². The third-order valence-corrected chi connectivity index (χ3v) is 0. The van der Waals surface area contributed by atoms with Crippen LogP contribution >= 0.6 is 0 Å². The Bertz CT molecular complexity index is 4.00. The molecule has 0 aromatic carbocycles. The monoisotopic (exact) mass is 254 g/mol. The normalized spacial score (nSPS) is 0. The zero-order chi connectivity index (χ0) is 0. The van der Waals surface area contributed by atoms with Crippen LogP contribution in [0.3, 0.4) is 0 Å². The molecule has 0 aromatic rings. The molecule has 0 amide bonds. The van der Waals surface area contributed by atoms with Crippen LogP contribution in [0.15, 0.2) is 0 Å². The molecule has 0 aliphatic carbocycles. The van der Waals surface area contributed by atoms with Gasteiger partial charge in [0.05, 0.1) is 0 Å². The molecule has 0 aliphatic rings. The molecule has 0 aromatic heterocycles. The van der Waals surface area contributed by atoms with Gasteiger partial charge in [0.2, 0.25) is 0 Å². The molecule has 0 fully saturated rings. The Morgan fingerprint density at radius 3 is 0.500 bits per heavy atom. The first-order valence-corrected chi connectivity index (χ1v) is 0. The van der Waals surface area contributed by atoms with Crippen LogP contribution in [-0.2, 0) is 73.1 Å². The average Bonchev–Trinajstić information content (AvgIpc) is 0. The third-order valence-electron chi connectivity index (χ3n) is 0. The van der Waals surface area contributed by atoms with Gasteiger partial charge in [-0.3, -0.25) is 0 Å². The quantitative estimate of drug-likeness (QED) is 0.536. The van der Waals surface area contributed by atoms with Gasteiger partial charge in [-0.15, -0.1) is 0 Å². The van der Waals surface area contributed by atoms with Gasteiger partial charge in [0.1, 0.15) is 0 Å². The minimum absolute atomic E-state index is 0. The van der Waals surface area contributed by atoms with E-state index in [1.54, 1.807) is 0 Å². The smallest absolute Gasteiger partial charge is 2.00 e. The number of hydrogen-bond acceptors (Lipinski definition) is 0. The molecule has 0 bridgehead atoms. The van der Waals surface area contributed by atoms with Crippen molar-refractivity contribution < 1.29 is 73.1 Å². The Balaban J connectivity index is 0. The predicted octanol–water partition coefficient (Wildman–Crippen LogP) is -0.0100. The van der Waals surface area contributed by atoms with Gasteiger partial charge in [0.15, 0.2) is 0 Å². The van der Waals surface area contributed by atoms with Crippen molar-refractivity contribution in [3.05, 3.63) is 0 Å². The van der Waals surface area contributed by atoms with Crippen LogP contribution in [0.1, 0.15) is 0 Å². The van der Waals surface area contributed by atoms with Gasteiger partial charge in [-0.05, 0) is 0 Å². The van der Waals surface area contributed by atoms with Crippen LogP contribution in [0, 0.1) is 0 Å². The molecule has 2 radical (unpaired) electrons. The van der Waals surface area contributed by atoms with Gasteiger partial charge in [0, 0.05) is 0 Å². The topological polar surface area (TPSA) is 0 Å². The summed E-state index contributed by atoms with van der Waals surface area (Å²) in [4.78, 5) is 0. The minimum atomic E-state index is 0. The molecular weight excluding hydrogens is 258 g/mol. The van der Waals surface area contributed by atoms with E-state index >= 15 is 0 Å². The van der Waals surface area contributed by atoms with Crippen LogP contribution in [0.2, 0.25) is 0 Å². The summed E-state index contributed by atoms with van der Waals surface area (Å²) in [7, 11) is 0. The van der Waals surface area contributed by atoms with Crippen LogP contribution in [0.5, 0.6) is 0 Å². The Morgan fingerprint density at radius 1 is 0.500 bits per heavy atom. The summed E-state index contributed by atoms with van der Waals surface area (Å²) in [5.41, 5.74) is 0. The Hall–Kier alpha value is 2.29. The van der Waals surface area contributed by atoms with E-state index in [0.29, 0.717) is 0 Å². The van der Waals surface area contributed by atoms with Crippen molar-refractivity contribution in [2.75, 3.05) is 0 Å². The summed E-state index contributed by atoms with van der Waals surface area (Å²) in [6.45, 7) is 0. The Morgan fingerprint density at radius 2 is 0.500 bits per heavy atom. The van der Waals surface area contributed by atoms with Crippen molar-refractivity contribution in [2.24, 2.45) is 0 Å². The largest absolute Gasteiger partial charge is 2.00 e. The summed E-state index contributed by atoms with van der Waals surface area (Å²) in [5, 5.41) is 0. The van der Waals surface area contributed by atoms with E-state index in [-0.39, 0.29) is 73.1 Å². The molecule has 0 heterocycles. The second kappa shape index (κ2) is 18.6. The second-order valence-corrected chi connectivity index (χ2v) is 0. The van der Waals surface area contributed by atoms with Gasteiger partial charge in [-0.25, -0.2) is 0 Å². The molecule has 0 N–H and O–H groups in total. The Labute approximate surface area is 72.3 Å². The fourth-order valence-corrected chi connectivity index (χ4v) is 0. The van der Waals surface area contributed by atoms with E-state index in [4.69, 9.17) is 0 Å². The van der Waals surface area contributed by atoms with Gasteiger partial charge < -0.3 is 0 Å². The summed E-state index contributed by atoms with van der Waals surface area (Å²) < 4.78 is 0. The summed E-state index contributed by atoms with van der Waals surface area (Å²) in [6, 6.07) is 0. The molecule has 0 rings (SSSR count). The summed E-state index contributed by atoms with van der Waals surface area (Å²) in [6.07, 6.45) is 0. The van der Waals surface area contributed by atoms with E-state index in [1.165, 1.54) is 0 Å². The summed E-state index contributed by atoms with van der Waals surface area (Å²) in [5.74, 6) is 0. The molecule has 0 nitrogen and oxygen atoms in total. The summed E-state index contributed by atoms with van der Waals surface area (Å²) >= 11 is 0. The molecular formula is Cu2Zn2+8. The maximum atomic E-state index is 0. The first-order chi connectivity index (χ1) is 0. The van der Waals surface area contributed by atoms with E-state index in [9.17, 15) is 0 Å². The van der Waals surface area contributed by atoms with Crippen LogP contribution in [0.25, 0.3) is 0 Å². The molecule has 0 spiro atoms. The number of hydrogen-bond donors (Lipinski definition) is 0. The van der Waals surface area contributed by atoms with Crippen LogP contribution < -0.4 is 0 Å². The fraction of sp³-hybridized carbons (Fsp3) is 0. The SMILES string of the molecule is [Cu+2].[Cu+2].[Zn+2].[Zn+2]. The molecule has 0 aliphatic heterocycles. The van der Waals surface area contributed by atoms with Crippen LogP contribution in [0.4, 0.5) is 0 Å². The molecule has 4 heteroatoms. The van der Waals surface area contributed by atoms with E-state index < -0.39 is 0 Å². The predicted molar refractivity (Wildman–Crippen MR) is 0 cm³/mol. The number of rotatable bonds is 0. The van der Waals surface area contributed by atoms with Gasteiger partial charge in [-0.2, -0.15) is 0 Å². The second-order valence-electron chi connectivity index (χ2n) is 0. The third kappa shape index (κ3) is 8.86. The zero-order valence-electron chi connectivity index (χ0n) is 2.02. The zero-order valence-corrected chi connectivity index (χ0v) is 9.83. The van der Waals surface area contributed by atoms with E-state index in [0.717, 1.165) is 0 Å².